The average Bonchev–Trinajstić information content (AvgIpc) is 3.66. The summed E-state index contributed by atoms with van der Waals surface area (Å²) in [6.07, 6.45) is 0. The summed E-state index contributed by atoms with van der Waals surface area (Å²) in [5.74, 6) is 0. The van der Waals surface area contributed by atoms with Gasteiger partial charge in [-0.1, -0.05) is 164 Å². The molecule has 50 heavy (non-hydrogen) atoms. The molecule has 1 nitrogen and oxygen atoms in total. The molecule has 0 heterocycles. The van der Waals surface area contributed by atoms with Crippen LogP contribution in [-0.2, 0) is 5.41 Å². The van der Waals surface area contributed by atoms with Gasteiger partial charge in [-0.25, -0.2) is 0 Å². The second kappa shape index (κ2) is 11.3. The molecule has 0 bridgehead atoms. The maximum atomic E-state index is 2.48. The SMILES string of the molecule is c1ccc(-c2ccc(-c3ccc4c(c3)C3(c5ccccc5-c5ccccc53)c3ccccc3-4)cc2N(c2ccccc2)c2ccccc2)cc1. The minimum absolute atomic E-state index is 0.373. The van der Waals surface area contributed by atoms with E-state index >= 15 is 0 Å². The van der Waals surface area contributed by atoms with E-state index in [0.717, 1.165) is 17.1 Å². The maximum absolute atomic E-state index is 2.48. The molecule has 0 aromatic heterocycles. The standard InChI is InChI=1S/C49H33N/c1-4-16-34(17-5-1)39-30-28-36(33-48(39)50(37-18-6-2-7-19-37)38-20-8-3-9-21-38)35-29-31-43-42-24-12-15-27-46(42)49(47(43)32-35)44-25-13-10-22-40(44)41-23-11-14-26-45(41)49/h1-33H. The minimum atomic E-state index is -0.373. The Labute approximate surface area is 293 Å². The van der Waals surface area contributed by atoms with Gasteiger partial charge in [-0.3, -0.25) is 0 Å². The molecule has 0 N–H and O–H groups in total. The molecule has 1 heteroatoms. The van der Waals surface area contributed by atoms with E-state index in [2.05, 4.69) is 205 Å². The molecule has 234 valence electrons. The van der Waals surface area contributed by atoms with Crippen LogP contribution in [0.25, 0.3) is 44.5 Å². The first-order chi connectivity index (χ1) is 24.8. The molecule has 8 aromatic carbocycles. The van der Waals surface area contributed by atoms with Crippen LogP contribution in [-0.4, -0.2) is 0 Å². The Bertz CT molecular complexity index is 2430. The third kappa shape index (κ3) is 4.14. The number of anilines is 3. The summed E-state index contributed by atoms with van der Waals surface area (Å²) in [6.45, 7) is 0. The van der Waals surface area contributed by atoms with Crippen LogP contribution in [0.2, 0.25) is 0 Å². The van der Waals surface area contributed by atoms with Gasteiger partial charge in [0.2, 0.25) is 0 Å². The minimum Gasteiger partial charge on any atom is -0.310 e. The molecule has 0 saturated carbocycles. The smallest absolute Gasteiger partial charge is 0.0725 e. The van der Waals surface area contributed by atoms with Gasteiger partial charge < -0.3 is 4.90 Å². The van der Waals surface area contributed by atoms with Crippen molar-refractivity contribution >= 4 is 17.1 Å². The van der Waals surface area contributed by atoms with E-state index in [9.17, 15) is 0 Å². The van der Waals surface area contributed by atoms with Gasteiger partial charge in [-0.05, 0) is 97.6 Å². The van der Waals surface area contributed by atoms with Crippen LogP contribution in [0.4, 0.5) is 17.1 Å². The highest BCUT2D eigenvalue weighted by Gasteiger charge is 2.51. The highest BCUT2D eigenvalue weighted by molar-refractivity contribution is 5.97. The van der Waals surface area contributed by atoms with E-state index in [4.69, 9.17) is 0 Å². The molecule has 0 radical (unpaired) electrons. The lowest BCUT2D eigenvalue weighted by Crippen LogP contribution is -2.25. The van der Waals surface area contributed by atoms with E-state index in [0.29, 0.717) is 0 Å². The molecule has 0 saturated heterocycles. The molecule has 1 spiro atoms. The van der Waals surface area contributed by atoms with Gasteiger partial charge in [0.25, 0.3) is 0 Å². The lowest BCUT2D eigenvalue weighted by molar-refractivity contribution is 0.794. The van der Waals surface area contributed by atoms with E-state index < -0.39 is 0 Å². The summed E-state index contributed by atoms with van der Waals surface area (Å²) in [6, 6.07) is 73.4. The van der Waals surface area contributed by atoms with Crippen molar-refractivity contribution in [3.8, 4) is 44.5 Å². The third-order valence-electron chi connectivity index (χ3n) is 10.7. The number of hydrogen-bond donors (Lipinski definition) is 0. The topological polar surface area (TPSA) is 3.24 Å². The highest BCUT2D eigenvalue weighted by Crippen LogP contribution is 2.63. The lowest BCUT2D eigenvalue weighted by atomic mass is 9.70. The third-order valence-corrected chi connectivity index (χ3v) is 10.7. The zero-order valence-electron chi connectivity index (χ0n) is 27.5. The molecule has 0 amide bonds. The Morgan fingerprint density at radius 2 is 0.680 bits per heavy atom. The van der Waals surface area contributed by atoms with Gasteiger partial charge >= 0.3 is 0 Å². The molecule has 0 unspecified atom stereocenters. The molecular weight excluding hydrogens is 603 g/mol. The van der Waals surface area contributed by atoms with E-state index in [1.165, 1.54) is 66.8 Å². The van der Waals surface area contributed by atoms with Gasteiger partial charge in [0, 0.05) is 16.9 Å². The fourth-order valence-corrected chi connectivity index (χ4v) is 8.61. The van der Waals surface area contributed by atoms with Crippen LogP contribution in [0.5, 0.6) is 0 Å². The fraction of sp³-hybridized carbons (Fsp3) is 0.0204. The molecule has 0 atom stereocenters. The summed E-state index contributed by atoms with van der Waals surface area (Å²) in [5, 5.41) is 0. The fourth-order valence-electron chi connectivity index (χ4n) is 8.61. The number of benzene rings is 8. The monoisotopic (exact) mass is 635 g/mol. The van der Waals surface area contributed by atoms with Crippen LogP contribution >= 0.6 is 0 Å². The summed E-state index contributed by atoms with van der Waals surface area (Å²) < 4.78 is 0. The molecule has 0 fully saturated rings. The Kier molecular flexibility index (Phi) is 6.47. The Hall–Kier alpha value is -6.44. The van der Waals surface area contributed by atoms with E-state index in [-0.39, 0.29) is 5.41 Å². The van der Waals surface area contributed by atoms with Crippen LogP contribution in [0.15, 0.2) is 200 Å². The van der Waals surface area contributed by atoms with Crippen LogP contribution in [0, 0.1) is 0 Å². The number of rotatable bonds is 5. The summed E-state index contributed by atoms with van der Waals surface area (Å²) in [5.41, 5.74) is 18.5. The maximum Gasteiger partial charge on any atom is 0.0725 e. The normalized spacial score (nSPS) is 13.0. The van der Waals surface area contributed by atoms with Crippen molar-refractivity contribution in [2.75, 3.05) is 4.90 Å². The van der Waals surface area contributed by atoms with Gasteiger partial charge in [-0.15, -0.1) is 0 Å². The first kappa shape index (κ1) is 28.6. The Morgan fingerprint density at radius 1 is 0.280 bits per heavy atom. The van der Waals surface area contributed by atoms with E-state index in [1.54, 1.807) is 0 Å². The lowest BCUT2D eigenvalue weighted by Gasteiger charge is -2.31. The Balaban J connectivity index is 1.22. The van der Waals surface area contributed by atoms with Crippen molar-refractivity contribution in [3.63, 3.8) is 0 Å². The predicted octanol–water partition coefficient (Wildman–Crippen LogP) is 12.8. The summed E-state index contributed by atoms with van der Waals surface area (Å²) >= 11 is 0. The molecular formula is C49H33N. The summed E-state index contributed by atoms with van der Waals surface area (Å²) in [4.78, 5) is 2.39. The molecule has 10 rings (SSSR count). The van der Waals surface area contributed by atoms with Gasteiger partial charge in [0.15, 0.2) is 0 Å². The quantitative estimate of drug-likeness (QED) is 0.182. The average molecular weight is 636 g/mol. The number of fused-ring (bicyclic) bond motifs is 10. The zero-order chi connectivity index (χ0) is 33.1. The van der Waals surface area contributed by atoms with Gasteiger partial charge in [0.05, 0.1) is 11.1 Å². The van der Waals surface area contributed by atoms with Crippen LogP contribution in [0.1, 0.15) is 22.3 Å². The van der Waals surface area contributed by atoms with Crippen molar-refractivity contribution in [3.05, 3.63) is 222 Å². The Morgan fingerprint density at radius 3 is 1.20 bits per heavy atom. The molecule has 2 aliphatic rings. The molecule has 8 aromatic rings. The zero-order valence-corrected chi connectivity index (χ0v) is 27.5. The van der Waals surface area contributed by atoms with Crippen molar-refractivity contribution in [1.29, 1.82) is 0 Å². The number of hydrogen-bond acceptors (Lipinski definition) is 1. The predicted molar refractivity (Wildman–Crippen MR) is 208 cm³/mol. The first-order valence-corrected chi connectivity index (χ1v) is 17.4. The summed E-state index contributed by atoms with van der Waals surface area (Å²) in [7, 11) is 0. The second-order valence-corrected chi connectivity index (χ2v) is 13.3. The van der Waals surface area contributed by atoms with Crippen molar-refractivity contribution in [2.45, 2.75) is 5.41 Å². The second-order valence-electron chi connectivity index (χ2n) is 13.3. The van der Waals surface area contributed by atoms with E-state index in [1.807, 2.05) is 0 Å². The molecule has 2 aliphatic carbocycles. The highest BCUT2D eigenvalue weighted by atomic mass is 15.1. The largest absolute Gasteiger partial charge is 0.310 e. The number of para-hydroxylation sites is 2. The van der Waals surface area contributed by atoms with Crippen molar-refractivity contribution < 1.29 is 0 Å². The molecule has 0 aliphatic heterocycles. The van der Waals surface area contributed by atoms with Crippen molar-refractivity contribution in [1.82, 2.24) is 0 Å². The van der Waals surface area contributed by atoms with Crippen LogP contribution < -0.4 is 4.90 Å². The van der Waals surface area contributed by atoms with Gasteiger partial charge in [0.1, 0.15) is 0 Å². The van der Waals surface area contributed by atoms with Crippen molar-refractivity contribution in [2.24, 2.45) is 0 Å². The number of nitrogens with zero attached hydrogens (tertiary/aromatic N) is 1. The first-order valence-electron chi connectivity index (χ1n) is 17.4. The van der Waals surface area contributed by atoms with Gasteiger partial charge in [-0.2, -0.15) is 0 Å². The van der Waals surface area contributed by atoms with Crippen LogP contribution in [0.3, 0.4) is 0 Å².